The number of carbonyl (C=O) groups is 1. The van der Waals surface area contributed by atoms with Crippen molar-refractivity contribution in [1.82, 2.24) is 0 Å². The molecule has 0 aromatic heterocycles. The Hall–Kier alpha value is -2.42. The van der Waals surface area contributed by atoms with Crippen molar-refractivity contribution in [3.63, 3.8) is 0 Å². The molecule has 0 radical (unpaired) electrons. The lowest BCUT2D eigenvalue weighted by Crippen LogP contribution is -2.25. The van der Waals surface area contributed by atoms with E-state index in [4.69, 9.17) is 4.74 Å². The molecular weight excluding hydrogens is 310 g/mol. The average Bonchev–Trinajstić information content (AvgIpc) is 2.68. The number of rotatable bonds is 5. The summed E-state index contributed by atoms with van der Waals surface area (Å²) < 4.78 is 5.59. The summed E-state index contributed by atoms with van der Waals surface area (Å²) in [4.78, 5) is 16.2. The first-order valence-electron chi connectivity index (χ1n) is 9.08. The zero-order valence-electron chi connectivity index (χ0n) is 14.8. The Morgan fingerprint density at radius 3 is 2.08 bits per heavy atom. The largest absolute Gasteiger partial charge is 0.426 e. The third-order valence-electron chi connectivity index (χ3n) is 5.21. The van der Waals surface area contributed by atoms with Crippen LogP contribution in [-0.4, -0.2) is 12.7 Å². The molecule has 25 heavy (non-hydrogen) atoms. The lowest BCUT2D eigenvalue weighted by molar-refractivity contribution is -0.140. The summed E-state index contributed by atoms with van der Waals surface area (Å²) in [5, 5.41) is 0. The van der Waals surface area contributed by atoms with Gasteiger partial charge < -0.3 is 4.74 Å². The topological polar surface area (TPSA) is 38.7 Å². The van der Waals surface area contributed by atoms with Crippen molar-refractivity contribution in [2.24, 2.45) is 16.8 Å². The Bertz CT molecular complexity index is 711. The summed E-state index contributed by atoms with van der Waals surface area (Å²) in [5.74, 6) is 1.38. The Kier molecular flexibility index (Phi) is 5.64. The predicted molar refractivity (Wildman–Crippen MR) is 102 cm³/mol. The van der Waals surface area contributed by atoms with E-state index >= 15 is 0 Å². The summed E-state index contributed by atoms with van der Waals surface area (Å²) in [7, 11) is 0. The van der Waals surface area contributed by atoms with E-state index in [2.05, 4.69) is 18.6 Å². The first kappa shape index (κ1) is 17.4. The minimum Gasteiger partial charge on any atom is -0.426 e. The second-order valence-corrected chi connectivity index (χ2v) is 6.78. The summed E-state index contributed by atoms with van der Waals surface area (Å²) in [6.07, 6.45) is 5.42. The number of ether oxygens (including phenoxy) is 1. The number of aliphatic imine (C=N–C) groups is 1. The van der Waals surface area contributed by atoms with E-state index in [1.807, 2.05) is 48.5 Å². The summed E-state index contributed by atoms with van der Waals surface area (Å²) in [6, 6.07) is 15.6. The smallest absolute Gasteiger partial charge is 0.314 e. The molecule has 0 N–H and O–H groups in total. The summed E-state index contributed by atoms with van der Waals surface area (Å²) in [5.41, 5.74) is 3.04. The van der Waals surface area contributed by atoms with Crippen LogP contribution >= 0.6 is 0 Å². The molecule has 3 nitrogen and oxygen atoms in total. The summed E-state index contributed by atoms with van der Waals surface area (Å²) in [6.45, 7) is 5.75. The van der Waals surface area contributed by atoms with Crippen LogP contribution in [0.4, 0.5) is 5.69 Å². The van der Waals surface area contributed by atoms with Gasteiger partial charge in [0, 0.05) is 0 Å². The Morgan fingerprint density at radius 1 is 1.00 bits per heavy atom. The molecule has 0 aliphatic heterocycles. The van der Waals surface area contributed by atoms with E-state index in [0.717, 1.165) is 48.4 Å². The van der Waals surface area contributed by atoms with Crippen LogP contribution in [-0.2, 0) is 4.79 Å². The Morgan fingerprint density at radius 2 is 1.56 bits per heavy atom. The molecule has 3 heteroatoms. The van der Waals surface area contributed by atoms with Gasteiger partial charge in [0.15, 0.2) is 0 Å². The molecule has 2 aromatic rings. The lowest BCUT2D eigenvalue weighted by Gasteiger charge is -2.26. The van der Waals surface area contributed by atoms with Crippen LogP contribution in [0.1, 0.15) is 39.0 Å². The highest BCUT2D eigenvalue weighted by Crippen LogP contribution is 2.32. The van der Waals surface area contributed by atoms with Crippen LogP contribution in [0.5, 0.6) is 5.75 Å². The molecule has 1 saturated carbocycles. The third kappa shape index (κ3) is 4.36. The monoisotopic (exact) mass is 335 g/mol. The van der Waals surface area contributed by atoms with Crippen molar-refractivity contribution in [3.8, 4) is 16.9 Å². The molecule has 0 heterocycles. The fourth-order valence-corrected chi connectivity index (χ4v) is 3.48. The first-order chi connectivity index (χ1) is 12.2. The Labute approximate surface area is 149 Å². The van der Waals surface area contributed by atoms with Gasteiger partial charge in [-0.2, -0.15) is 0 Å². The van der Waals surface area contributed by atoms with Crippen molar-refractivity contribution in [2.75, 3.05) is 0 Å². The van der Waals surface area contributed by atoms with Gasteiger partial charge in [-0.15, -0.1) is 0 Å². The van der Waals surface area contributed by atoms with Gasteiger partial charge >= 0.3 is 5.97 Å². The number of hydrogen-bond donors (Lipinski definition) is 0. The zero-order valence-corrected chi connectivity index (χ0v) is 14.8. The maximum atomic E-state index is 12.3. The van der Waals surface area contributed by atoms with E-state index in [1.165, 1.54) is 6.42 Å². The van der Waals surface area contributed by atoms with E-state index < -0.39 is 0 Å². The van der Waals surface area contributed by atoms with Crippen molar-refractivity contribution in [3.05, 3.63) is 48.5 Å². The minimum absolute atomic E-state index is 0.0569. The number of benzene rings is 2. The number of hydrogen-bond acceptors (Lipinski definition) is 3. The maximum Gasteiger partial charge on any atom is 0.314 e. The van der Waals surface area contributed by atoms with Gasteiger partial charge in [0.05, 0.1) is 11.6 Å². The molecule has 0 atom stereocenters. The normalized spacial score (nSPS) is 20.0. The minimum atomic E-state index is -0.0799. The van der Waals surface area contributed by atoms with Crippen LogP contribution in [0.2, 0.25) is 0 Å². The molecule has 2 aromatic carbocycles. The standard InChI is InChI=1S/C22H25NO2/c1-3-16-4-6-19(7-5-16)22(24)25-21-14-10-18(11-15-21)17-8-12-20(23-2)13-9-17/h8-16,19H,2-7H2,1H3. The van der Waals surface area contributed by atoms with Crippen molar-refractivity contribution >= 4 is 18.4 Å². The van der Waals surface area contributed by atoms with Crippen molar-refractivity contribution in [2.45, 2.75) is 39.0 Å². The van der Waals surface area contributed by atoms with Gasteiger partial charge in [-0.25, -0.2) is 0 Å². The van der Waals surface area contributed by atoms with E-state index in [9.17, 15) is 4.79 Å². The number of carbonyl (C=O) groups excluding carboxylic acids is 1. The molecular formula is C22H25NO2. The highest BCUT2D eigenvalue weighted by atomic mass is 16.5. The van der Waals surface area contributed by atoms with Crippen molar-refractivity contribution in [1.29, 1.82) is 0 Å². The van der Waals surface area contributed by atoms with Gasteiger partial charge in [0.25, 0.3) is 0 Å². The van der Waals surface area contributed by atoms with Gasteiger partial charge in [0.2, 0.25) is 0 Å². The molecule has 0 spiro atoms. The lowest BCUT2D eigenvalue weighted by atomic mass is 9.81. The van der Waals surface area contributed by atoms with Crippen molar-refractivity contribution < 1.29 is 9.53 Å². The summed E-state index contributed by atoms with van der Waals surface area (Å²) >= 11 is 0. The maximum absolute atomic E-state index is 12.3. The predicted octanol–water partition coefficient (Wildman–Crippen LogP) is 5.81. The molecule has 1 aliphatic carbocycles. The SMILES string of the molecule is C=Nc1ccc(-c2ccc(OC(=O)C3CCC(CC)CC3)cc2)cc1. The number of esters is 1. The second-order valence-electron chi connectivity index (χ2n) is 6.78. The first-order valence-corrected chi connectivity index (χ1v) is 9.08. The molecule has 3 rings (SSSR count). The van der Waals surface area contributed by atoms with Crippen LogP contribution in [0, 0.1) is 11.8 Å². The molecule has 1 fully saturated rings. The fraction of sp³-hybridized carbons (Fsp3) is 0.364. The van der Waals surface area contributed by atoms with Gasteiger partial charge in [-0.3, -0.25) is 9.79 Å². The molecule has 0 saturated heterocycles. The fourth-order valence-electron chi connectivity index (χ4n) is 3.48. The quantitative estimate of drug-likeness (QED) is 0.393. The van der Waals surface area contributed by atoms with E-state index in [0.29, 0.717) is 5.75 Å². The van der Waals surface area contributed by atoms with Crippen LogP contribution in [0.3, 0.4) is 0 Å². The van der Waals surface area contributed by atoms with Crippen LogP contribution < -0.4 is 4.74 Å². The molecule has 0 unspecified atom stereocenters. The van der Waals surface area contributed by atoms with Gasteiger partial charge in [-0.05, 0) is 73.7 Å². The van der Waals surface area contributed by atoms with E-state index in [-0.39, 0.29) is 11.9 Å². The highest BCUT2D eigenvalue weighted by molar-refractivity contribution is 5.75. The van der Waals surface area contributed by atoms with E-state index in [1.54, 1.807) is 0 Å². The van der Waals surface area contributed by atoms with Gasteiger partial charge in [-0.1, -0.05) is 37.6 Å². The average molecular weight is 335 g/mol. The second kappa shape index (κ2) is 8.11. The van der Waals surface area contributed by atoms with Gasteiger partial charge in [0.1, 0.15) is 5.75 Å². The number of nitrogens with zero attached hydrogens (tertiary/aromatic N) is 1. The highest BCUT2D eigenvalue weighted by Gasteiger charge is 2.26. The zero-order chi connectivity index (χ0) is 17.6. The van der Waals surface area contributed by atoms with Crippen LogP contribution in [0.25, 0.3) is 11.1 Å². The Balaban J connectivity index is 1.60. The molecule has 0 bridgehead atoms. The molecule has 1 aliphatic rings. The molecule has 0 amide bonds. The third-order valence-corrected chi connectivity index (χ3v) is 5.21. The molecule has 130 valence electrons. The van der Waals surface area contributed by atoms with Crippen LogP contribution in [0.15, 0.2) is 53.5 Å².